The molecule has 0 saturated carbocycles. The van der Waals surface area contributed by atoms with Crippen molar-refractivity contribution in [2.45, 2.75) is 12.5 Å². The fourth-order valence-electron chi connectivity index (χ4n) is 2.41. The van der Waals surface area contributed by atoms with E-state index in [4.69, 9.17) is 12.2 Å². The number of carbonyl (C=O) groups is 1. The van der Waals surface area contributed by atoms with E-state index in [1.807, 2.05) is 42.5 Å². The number of carboxylic acid groups (broad SMARTS) is 1. The van der Waals surface area contributed by atoms with Crippen LogP contribution in [-0.2, 0) is 11.2 Å². The van der Waals surface area contributed by atoms with Crippen LogP contribution in [-0.4, -0.2) is 32.2 Å². The summed E-state index contributed by atoms with van der Waals surface area (Å²) in [6.07, 6.45) is 3.37. The van der Waals surface area contributed by atoms with Gasteiger partial charge in [0.2, 0.25) is 0 Å². The SMILES string of the molecule is O=C(O)[C@H](Cc1cnc[nH]1)NC(=S)Nc1ccc2ccccc2c1. The van der Waals surface area contributed by atoms with Gasteiger partial charge < -0.3 is 20.7 Å². The minimum absolute atomic E-state index is 0.259. The average Bonchev–Trinajstić information content (AvgIpc) is 3.07. The summed E-state index contributed by atoms with van der Waals surface area (Å²) >= 11 is 5.24. The fraction of sp³-hybridized carbons (Fsp3) is 0.118. The molecular weight excluding hydrogens is 324 g/mol. The van der Waals surface area contributed by atoms with Crippen molar-refractivity contribution in [1.82, 2.24) is 15.3 Å². The fourth-order valence-corrected chi connectivity index (χ4v) is 2.67. The minimum atomic E-state index is -0.979. The van der Waals surface area contributed by atoms with E-state index in [1.54, 1.807) is 6.20 Å². The number of benzene rings is 2. The second-order valence-corrected chi connectivity index (χ2v) is 5.74. The topological polar surface area (TPSA) is 90.0 Å². The molecule has 122 valence electrons. The van der Waals surface area contributed by atoms with Gasteiger partial charge in [-0.05, 0) is 35.1 Å². The van der Waals surface area contributed by atoms with Gasteiger partial charge in [0, 0.05) is 24.0 Å². The zero-order chi connectivity index (χ0) is 16.9. The zero-order valence-electron chi connectivity index (χ0n) is 12.7. The summed E-state index contributed by atoms with van der Waals surface area (Å²) in [4.78, 5) is 18.2. The molecule has 4 N–H and O–H groups in total. The second kappa shape index (κ2) is 7.10. The molecule has 0 radical (unpaired) electrons. The lowest BCUT2D eigenvalue weighted by atomic mass is 10.1. The molecule has 1 aromatic heterocycles. The molecular formula is C17H16N4O2S. The molecule has 2 aromatic carbocycles. The minimum Gasteiger partial charge on any atom is -0.480 e. The molecule has 0 aliphatic rings. The van der Waals surface area contributed by atoms with E-state index in [9.17, 15) is 9.90 Å². The number of fused-ring (bicyclic) bond motifs is 1. The quantitative estimate of drug-likeness (QED) is 0.534. The molecule has 3 aromatic rings. The normalized spacial score (nSPS) is 11.8. The number of aliphatic carboxylic acids is 1. The Morgan fingerprint density at radius 3 is 2.75 bits per heavy atom. The first-order valence-corrected chi connectivity index (χ1v) is 7.79. The van der Waals surface area contributed by atoms with Crippen LogP contribution in [0.5, 0.6) is 0 Å². The molecule has 24 heavy (non-hydrogen) atoms. The molecule has 0 unspecified atom stereocenters. The summed E-state index contributed by atoms with van der Waals surface area (Å²) in [6, 6.07) is 13.0. The molecule has 0 saturated heterocycles. The van der Waals surface area contributed by atoms with Gasteiger partial charge in [-0.3, -0.25) is 0 Å². The molecule has 0 aliphatic heterocycles. The first-order valence-electron chi connectivity index (χ1n) is 7.38. The number of carboxylic acids is 1. The van der Waals surface area contributed by atoms with Crippen LogP contribution in [0.25, 0.3) is 10.8 Å². The Morgan fingerprint density at radius 2 is 2.04 bits per heavy atom. The van der Waals surface area contributed by atoms with E-state index in [0.29, 0.717) is 0 Å². The molecule has 1 atom stereocenters. The third-order valence-electron chi connectivity index (χ3n) is 3.59. The molecule has 0 fully saturated rings. The van der Waals surface area contributed by atoms with Crippen molar-refractivity contribution in [3.63, 3.8) is 0 Å². The molecule has 7 heteroatoms. The van der Waals surface area contributed by atoms with Gasteiger partial charge in [0.15, 0.2) is 5.11 Å². The van der Waals surface area contributed by atoms with Gasteiger partial charge in [0.25, 0.3) is 0 Å². The van der Waals surface area contributed by atoms with Crippen LogP contribution >= 0.6 is 12.2 Å². The van der Waals surface area contributed by atoms with Crippen molar-refractivity contribution in [3.8, 4) is 0 Å². The summed E-state index contributed by atoms with van der Waals surface area (Å²) in [5.41, 5.74) is 1.53. The van der Waals surface area contributed by atoms with E-state index in [-0.39, 0.29) is 11.5 Å². The predicted molar refractivity (Wildman–Crippen MR) is 97.0 cm³/mol. The van der Waals surface area contributed by atoms with E-state index in [0.717, 1.165) is 22.2 Å². The number of nitrogens with zero attached hydrogens (tertiary/aromatic N) is 1. The number of H-pyrrole nitrogens is 1. The standard InChI is InChI=1S/C17H16N4O2S/c22-16(23)15(8-14-9-18-10-19-14)21-17(24)20-13-6-5-11-3-1-2-4-12(11)7-13/h1-7,9-10,15H,8H2,(H,18,19)(H,22,23)(H2,20,21,24)/t15-/m0/s1. The van der Waals surface area contributed by atoms with Gasteiger partial charge in [0.05, 0.1) is 6.33 Å². The van der Waals surface area contributed by atoms with E-state index in [1.165, 1.54) is 6.33 Å². The largest absolute Gasteiger partial charge is 0.480 e. The molecule has 0 aliphatic carbocycles. The Balaban J connectivity index is 1.67. The van der Waals surface area contributed by atoms with E-state index >= 15 is 0 Å². The number of nitrogens with one attached hydrogen (secondary N) is 3. The van der Waals surface area contributed by atoms with Crippen LogP contribution in [0.4, 0.5) is 5.69 Å². The molecule has 6 nitrogen and oxygen atoms in total. The Bertz CT molecular complexity index is 864. The third kappa shape index (κ3) is 3.88. The predicted octanol–water partition coefficient (Wildman–Crippen LogP) is 2.55. The summed E-state index contributed by atoms with van der Waals surface area (Å²) in [6.45, 7) is 0. The maximum absolute atomic E-state index is 11.4. The van der Waals surface area contributed by atoms with Crippen LogP contribution in [0.1, 0.15) is 5.69 Å². The monoisotopic (exact) mass is 340 g/mol. The number of aromatic nitrogens is 2. The maximum Gasteiger partial charge on any atom is 0.326 e. The van der Waals surface area contributed by atoms with E-state index < -0.39 is 12.0 Å². The number of hydrogen-bond acceptors (Lipinski definition) is 3. The average molecular weight is 340 g/mol. The highest BCUT2D eigenvalue weighted by molar-refractivity contribution is 7.80. The van der Waals surface area contributed by atoms with Crippen molar-refractivity contribution < 1.29 is 9.90 Å². The van der Waals surface area contributed by atoms with Gasteiger partial charge in [0.1, 0.15) is 6.04 Å². The Labute approximate surface area is 143 Å². The van der Waals surface area contributed by atoms with Crippen LogP contribution in [0.15, 0.2) is 55.0 Å². The third-order valence-corrected chi connectivity index (χ3v) is 3.81. The molecule has 1 heterocycles. The number of rotatable bonds is 5. The number of aromatic amines is 1. The summed E-state index contributed by atoms with van der Waals surface area (Å²) in [5, 5.41) is 17.7. The second-order valence-electron chi connectivity index (χ2n) is 5.33. The lowest BCUT2D eigenvalue weighted by molar-refractivity contribution is -0.139. The first kappa shape index (κ1) is 15.9. The number of anilines is 1. The van der Waals surface area contributed by atoms with E-state index in [2.05, 4.69) is 20.6 Å². The van der Waals surface area contributed by atoms with Crippen molar-refractivity contribution in [2.24, 2.45) is 0 Å². The van der Waals surface area contributed by atoms with Gasteiger partial charge in [-0.2, -0.15) is 0 Å². The number of imidazole rings is 1. The Kier molecular flexibility index (Phi) is 4.72. The zero-order valence-corrected chi connectivity index (χ0v) is 13.5. The number of thiocarbonyl (C=S) groups is 1. The number of hydrogen-bond donors (Lipinski definition) is 4. The molecule has 0 amide bonds. The molecule has 0 spiro atoms. The lowest BCUT2D eigenvalue weighted by Crippen LogP contribution is -2.44. The van der Waals surface area contributed by atoms with Gasteiger partial charge >= 0.3 is 5.97 Å². The van der Waals surface area contributed by atoms with Crippen molar-refractivity contribution in [2.75, 3.05) is 5.32 Å². The highest BCUT2D eigenvalue weighted by atomic mass is 32.1. The summed E-state index contributed by atoms with van der Waals surface area (Å²) in [5.74, 6) is -0.979. The van der Waals surface area contributed by atoms with Crippen molar-refractivity contribution >= 4 is 39.8 Å². The van der Waals surface area contributed by atoms with Crippen LogP contribution < -0.4 is 10.6 Å². The van der Waals surface area contributed by atoms with Gasteiger partial charge in [-0.15, -0.1) is 0 Å². The van der Waals surface area contributed by atoms with Crippen LogP contribution in [0, 0.1) is 0 Å². The summed E-state index contributed by atoms with van der Waals surface area (Å²) < 4.78 is 0. The first-order chi connectivity index (χ1) is 11.6. The smallest absolute Gasteiger partial charge is 0.326 e. The van der Waals surface area contributed by atoms with Crippen LogP contribution in [0.3, 0.4) is 0 Å². The molecule has 0 bridgehead atoms. The van der Waals surface area contributed by atoms with Crippen molar-refractivity contribution in [3.05, 3.63) is 60.7 Å². The highest BCUT2D eigenvalue weighted by Crippen LogP contribution is 2.18. The van der Waals surface area contributed by atoms with Crippen molar-refractivity contribution in [1.29, 1.82) is 0 Å². The van der Waals surface area contributed by atoms with Crippen LogP contribution in [0.2, 0.25) is 0 Å². The lowest BCUT2D eigenvalue weighted by Gasteiger charge is -2.17. The summed E-state index contributed by atoms with van der Waals surface area (Å²) in [7, 11) is 0. The van der Waals surface area contributed by atoms with Gasteiger partial charge in [-0.1, -0.05) is 30.3 Å². The molecule has 3 rings (SSSR count). The van der Waals surface area contributed by atoms with Gasteiger partial charge in [-0.25, -0.2) is 9.78 Å². The highest BCUT2D eigenvalue weighted by Gasteiger charge is 2.19. The maximum atomic E-state index is 11.4. The Morgan fingerprint density at radius 1 is 1.25 bits per heavy atom. The Hall–Kier alpha value is -2.93.